The van der Waals surface area contributed by atoms with Gasteiger partial charge in [0, 0.05) is 23.5 Å². The molecule has 0 fully saturated rings. The fourth-order valence-electron chi connectivity index (χ4n) is 2.79. The van der Waals surface area contributed by atoms with Gasteiger partial charge in [-0.05, 0) is 38.0 Å². The summed E-state index contributed by atoms with van der Waals surface area (Å²) in [6.07, 6.45) is 0.139. The van der Waals surface area contributed by atoms with Gasteiger partial charge < -0.3 is 15.5 Å². The Kier molecular flexibility index (Phi) is 9.28. The maximum atomic E-state index is 12.9. The van der Waals surface area contributed by atoms with Crippen molar-refractivity contribution in [2.45, 2.75) is 40.2 Å². The highest BCUT2D eigenvalue weighted by molar-refractivity contribution is 7.13. The number of nitrogens with zero attached hydrogens (tertiary/aromatic N) is 2. The van der Waals surface area contributed by atoms with Crippen LogP contribution in [0.25, 0.3) is 0 Å². The van der Waals surface area contributed by atoms with E-state index in [1.807, 2.05) is 27.7 Å². The average Bonchev–Trinajstić information content (AvgIpc) is 3.08. The Morgan fingerprint density at radius 1 is 1.10 bits per heavy atom. The van der Waals surface area contributed by atoms with Crippen molar-refractivity contribution >= 4 is 57.4 Å². The van der Waals surface area contributed by atoms with Gasteiger partial charge in [-0.1, -0.05) is 37.0 Å². The summed E-state index contributed by atoms with van der Waals surface area (Å²) in [5.41, 5.74) is 0.930. The van der Waals surface area contributed by atoms with E-state index in [1.165, 1.54) is 22.3 Å². The van der Waals surface area contributed by atoms with Gasteiger partial charge in [-0.25, -0.2) is 4.98 Å². The molecule has 0 saturated heterocycles. The topological polar surface area (TPSA) is 91.4 Å². The lowest BCUT2D eigenvalue weighted by Gasteiger charge is -2.24. The van der Waals surface area contributed by atoms with Crippen LogP contribution in [0.15, 0.2) is 23.6 Å². The van der Waals surface area contributed by atoms with Gasteiger partial charge in [-0.3, -0.25) is 14.4 Å². The highest BCUT2D eigenvalue weighted by atomic mass is 35.5. The molecule has 0 spiro atoms. The van der Waals surface area contributed by atoms with E-state index in [4.69, 9.17) is 23.2 Å². The number of rotatable bonds is 9. The third kappa shape index (κ3) is 8.12. The van der Waals surface area contributed by atoms with E-state index in [2.05, 4.69) is 15.6 Å². The average molecular weight is 485 g/mol. The fraction of sp³-hybridized carbons (Fsp3) is 0.429. The minimum absolute atomic E-state index is 0.0466. The van der Waals surface area contributed by atoms with Gasteiger partial charge in [0.25, 0.3) is 5.91 Å². The lowest BCUT2D eigenvalue weighted by atomic mass is 10.1. The molecule has 3 amide bonds. The molecule has 168 valence electrons. The van der Waals surface area contributed by atoms with Crippen molar-refractivity contribution in [3.8, 4) is 0 Å². The van der Waals surface area contributed by atoms with Crippen LogP contribution in [-0.2, 0) is 16.0 Å². The van der Waals surface area contributed by atoms with Crippen LogP contribution in [0.5, 0.6) is 0 Å². The van der Waals surface area contributed by atoms with Gasteiger partial charge in [-0.15, -0.1) is 11.3 Å². The minimum Gasteiger partial charge on any atom is -0.354 e. The minimum atomic E-state index is -0.374. The van der Waals surface area contributed by atoms with Crippen molar-refractivity contribution in [3.63, 3.8) is 0 Å². The van der Waals surface area contributed by atoms with E-state index in [0.717, 1.165) is 0 Å². The highest BCUT2D eigenvalue weighted by Gasteiger charge is 2.21. The molecule has 1 aromatic heterocycles. The maximum Gasteiger partial charge on any atom is 0.254 e. The normalized spacial score (nSPS) is 11.0. The predicted octanol–water partition coefficient (Wildman–Crippen LogP) is 4.25. The standard InChI is InChI=1S/C21H26Cl2N4O3S/c1-12(2)9-27(20(30)14-5-6-16(22)17(23)7-14)10-19(29)26-21-25-15(11-31-21)8-18(28)24-13(3)4/h5-7,11-13H,8-10H2,1-4H3,(H,24,28)(H,25,26,29). The molecule has 7 nitrogen and oxygen atoms in total. The Bertz CT molecular complexity index is 946. The molecular weight excluding hydrogens is 459 g/mol. The van der Waals surface area contributed by atoms with Crippen LogP contribution < -0.4 is 10.6 Å². The number of aromatic nitrogens is 1. The second kappa shape index (κ2) is 11.5. The third-order valence-electron chi connectivity index (χ3n) is 3.96. The number of carbonyl (C=O) groups excluding carboxylic acids is 3. The number of halogens is 2. The molecule has 2 rings (SSSR count). The molecule has 0 radical (unpaired) electrons. The van der Waals surface area contributed by atoms with E-state index in [1.54, 1.807) is 17.5 Å². The van der Waals surface area contributed by atoms with E-state index in [0.29, 0.717) is 28.0 Å². The van der Waals surface area contributed by atoms with Crippen molar-refractivity contribution < 1.29 is 14.4 Å². The van der Waals surface area contributed by atoms with Gasteiger partial charge in [-0.2, -0.15) is 0 Å². The maximum absolute atomic E-state index is 12.9. The second-order valence-electron chi connectivity index (χ2n) is 7.80. The van der Waals surface area contributed by atoms with E-state index >= 15 is 0 Å². The Hall–Kier alpha value is -2.16. The summed E-state index contributed by atoms with van der Waals surface area (Å²) in [6.45, 7) is 7.94. The first-order valence-electron chi connectivity index (χ1n) is 9.83. The molecule has 0 unspecified atom stereocenters. The van der Waals surface area contributed by atoms with E-state index in [-0.39, 0.29) is 47.7 Å². The first-order chi connectivity index (χ1) is 14.5. The van der Waals surface area contributed by atoms with Gasteiger partial charge in [0.15, 0.2) is 5.13 Å². The fourth-order valence-corrected chi connectivity index (χ4v) is 3.81. The molecule has 1 heterocycles. The lowest BCUT2D eigenvalue weighted by Crippen LogP contribution is -2.40. The van der Waals surface area contributed by atoms with Gasteiger partial charge >= 0.3 is 0 Å². The van der Waals surface area contributed by atoms with Crippen molar-refractivity contribution in [1.29, 1.82) is 0 Å². The van der Waals surface area contributed by atoms with Crippen LogP contribution in [0, 0.1) is 5.92 Å². The van der Waals surface area contributed by atoms with Crippen LogP contribution >= 0.6 is 34.5 Å². The van der Waals surface area contributed by atoms with Crippen LogP contribution in [0.3, 0.4) is 0 Å². The summed E-state index contributed by atoms with van der Waals surface area (Å²) >= 11 is 13.2. The number of anilines is 1. The zero-order chi connectivity index (χ0) is 23.1. The smallest absolute Gasteiger partial charge is 0.254 e. The second-order valence-corrected chi connectivity index (χ2v) is 9.47. The largest absolute Gasteiger partial charge is 0.354 e. The molecule has 0 atom stereocenters. The molecule has 0 bridgehead atoms. The number of thiazole rings is 1. The lowest BCUT2D eigenvalue weighted by molar-refractivity contribution is -0.121. The van der Waals surface area contributed by atoms with Crippen molar-refractivity contribution in [1.82, 2.24) is 15.2 Å². The third-order valence-corrected chi connectivity index (χ3v) is 5.51. The number of nitrogens with one attached hydrogen (secondary N) is 2. The van der Waals surface area contributed by atoms with E-state index in [9.17, 15) is 14.4 Å². The van der Waals surface area contributed by atoms with Crippen LogP contribution in [0.4, 0.5) is 5.13 Å². The molecule has 0 aliphatic rings. The van der Waals surface area contributed by atoms with Gasteiger partial charge in [0.05, 0.1) is 22.2 Å². The Labute approximate surface area is 196 Å². The SMILES string of the molecule is CC(C)CN(CC(=O)Nc1nc(CC(=O)NC(C)C)cs1)C(=O)c1ccc(Cl)c(Cl)c1. The number of hydrogen-bond donors (Lipinski definition) is 2. The summed E-state index contributed by atoms with van der Waals surface area (Å²) in [5, 5.41) is 8.23. The van der Waals surface area contributed by atoms with Crippen molar-refractivity contribution in [2.24, 2.45) is 5.92 Å². The number of amides is 3. The molecule has 0 saturated carbocycles. The van der Waals surface area contributed by atoms with E-state index < -0.39 is 0 Å². The Balaban J connectivity index is 2.03. The number of benzene rings is 1. The summed E-state index contributed by atoms with van der Waals surface area (Å²) in [7, 11) is 0. The predicted molar refractivity (Wildman–Crippen MR) is 125 cm³/mol. The summed E-state index contributed by atoms with van der Waals surface area (Å²) in [6, 6.07) is 4.67. The molecule has 0 aliphatic heterocycles. The quantitative estimate of drug-likeness (QED) is 0.556. The molecule has 2 N–H and O–H groups in total. The molecule has 0 aliphatic carbocycles. The van der Waals surface area contributed by atoms with Crippen LogP contribution in [0.1, 0.15) is 43.7 Å². The van der Waals surface area contributed by atoms with Gasteiger partial charge in [0.2, 0.25) is 11.8 Å². The van der Waals surface area contributed by atoms with Crippen LogP contribution in [0.2, 0.25) is 10.0 Å². The monoisotopic (exact) mass is 484 g/mol. The number of hydrogen-bond acceptors (Lipinski definition) is 5. The first-order valence-corrected chi connectivity index (χ1v) is 11.5. The number of carbonyl (C=O) groups is 3. The van der Waals surface area contributed by atoms with Crippen molar-refractivity contribution in [2.75, 3.05) is 18.4 Å². The molecule has 1 aromatic carbocycles. The summed E-state index contributed by atoms with van der Waals surface area (Å²) in [5.74, 6) is -0.659. The zero-order valence-corrected chi connectivity index (χ0v) is 20.2. The molecule has 10 heteroatoms. The van der Waals surface area contributed by atoms with Crippen molar-refractivity contribution in [3.05, 3.63) is 44.9 Å². The summed E-state index contributed by atoms with van der Waals surface area (Å²) < 4.78 is 0. The highest BCUT2D eigenvalue weighted by Crippen LogP contribution is 2.23. The first kappa shape index (κ1) is 25.1. The Morgan fingerprint density at radius 3 is 2.42 bits per heavy atom. The molecular formula is C21H26Cl2N4O3S. The molecule has 31 heavy (non-hydrogen) atoms. The van der Waals surface area contributed by atoms with Gasteiger partial charge in [0.1, 0.15) is 6.54 Å². The van der Waals surface area contributed by atoms with Crippen LogP contribution in [-0.4, -0.2) is 46.7 Å². The zero-order valence-electron chi connectivity index (χ0n) is 17.9. The summed E-state index contributed by atoms with van der Waals surface area (Å²) in [4.78, 5) is 43.1. The Morgan fingerprint density at radius 2 is 1.81 bits per heavy atom. The molecule has 2 aromatic rings.